The fourth-order valence-corrected chi connectivity index (χ4v) is 3.66. The molecule has 6 N–H and O–H groups in total. The quantitative estimate of drug-likeness (QED) is 0.0923. The standard InChI is InChI=1S/C26H29N3O6/c27-24(20(30)6-4-2-1-3-5-7-23(31)32)21-12-13-22(35-21)26(33)34-19-11-10-16-14-18(25(28)29)9-8-17(16)15-19/h8-15,24H,1-7,27H2,(H3,28,29)(H,31,32). The van der Waals surface area contributed by atoms with Gasteiger partial charge in [0.2, 0.25) is 5.76 Å². The SMILES string of the molecule is N=C(N)c1ccc2cc(OC(=O)c3ccc(C(N)C(=O)CCCCCCCC(=O)O)o3)ccc2c1. The van der Waals surface area contributed by atoms with Crippen molar-refractivity contribution in [3.05, 3.63) is 65.6 Å². The summed E-state index contributed by atoms with van der Waals surface area (Å²) in [6.45, 7) is 0. The number of furan rings is 1. The van der Waals surface area contributed by atoms with E-state index in [1.165, 1.54) is 12.1 Å². The fraction of sp³-hybridized carbons (Fsp3) is 0.308. The second kappa shape index (κ2) is 11.9. The normalized spacial score (nSPS) is 11.8. The minimum Gasteiger partial charge on any atom is -0.481 e. The number of carboxylic acid groups (broad SMARTS) is 1. The van der Waals surface area contributed by atoms with E-state index >= 15 is 0 Å². The molecule has 1 atom stereocenters. The van der Waals surface area contributed by atoms with Gasteiger partial charge in [-0.25, -0.2) is 4.79 Å². The molecule has 0 radical (unpaired) electrons. The minimum absolute atomic E-state index is 0.0271. The number of carbonyl (C=O) groups excluding carboxylic acids is 2. The van der Waals surface area contributed by atoms with E-state index in [4.69, 9.17) is 31.1 Å². The number of carboxylic acids is 1. The van der Waals surface area contributed by atoms with Gasteiger partial charge in [0.1, 0.15) is 23.4 Å². The molecular formula is C26H29N3O6. The van der Waals surface area contributed by atoms with Crippen LogP contribution in [0.5, 0.6) is 5.75 Å². The zero-order chi connectivity index (χ0) is 25.4. The summed E-state index contributed by atoms with van der Waals surface area (Å²) in [6.07, 6.45) is 4.22. The predicted molar refractivity (Wildman–Crippen MR) is 131 cm³/mol. The zero-order valence-corrected chi connectivity index (χ0v) is 19.3. The number of ether oxygens (including phenoxy) is 1. The van der Waals surface area contributed by atoms with E-state index in [0.29, 0.717) is 24.2 Å². The van der Waals surface area contributed by atoms with Gasteiger partial charge >= 0.3 is 11.9 Å². The minimum atomic E-state index is -0.972. The summed E-state index contributed by atoms with van der Waals surface area (Å²) >= 11 is 0. The number of ketones is 1. The molecule has 9 nitrogen and oxygen atoms in total. The topological polar surface area (TPSA) is 170 Å². The number of amidine groups is 1. The van der Waals surface area contributed by atoms with Gasteiger partial charge in [0, 0.05) is 18.4 Å². The third-order valence-electron chi connectivity index (χ3n) is 5.63. The molecule has 0 amide bonds. The third kappa shape index (κ3) is 7.25. The van der Waals surface area contributed by atoms with Crippen molar-refractivity contribution in [2.24, 2.45) is 11.5 Å². The molecule has 0 aliphatic rings. The maximum absolute atomic E-state index is 12.5. The molecule has 1 heterocycles. The molecule has 0 fully saturated rings. The first-order valence-corrected chi connectivity index (χ1v) is 11.4. The van der Waals surface area contributed by atoms with Gasteiger partial charge in [0.15, 0.2) is 5.78 Å². The number of hydrogen-bond donors (Lipinski definition) is 4. The summed E-state index contributed by atoms with van der Waals surface area (Å²) in [6, 6.07) is 12.3. The smallest absolute Gasteiger partial charge is 0.379 e. The lowest BCUT2D eigenvalue weighted by molar-refractivity contribution is -0.137. The fourth-order valence-electron chi connectivity index (χ4n) is 3.66. The highest BCUT2D eigenvalue weighted by molar-refractivity contribution is 5.99. The largest absolute Gasteiger partial charge is 0.481 e. The van der Waals surface area contributed by atoms with E-state index in [-0.39, 0.29) is 36.0 Å². The molecule has 3 aromatic rings. The highest BCUT2D eigenvalue weighted by Gasteiger charge is 2.22. The van der Waals surface area contributed by atoms with Gasteiger partial charge in [0.05, 0.1) is 0 Å². The first kappa shape index (κ1) is 25.6. The first-order chi connectivity index (χ1) is 16.7. The number of carbonyl (C=O) groups is 3. The Bertz CT molecular complexity index is 1230. The van der Waals surface area contributed by atoms with Gasteiger partial charge in [-0.2, -0.15) is 0 Å². The Morgan fingerprint density at radius 1 is 0.914 bits per heavy atom. The molecule has 0 saturated carbocycles. The van der Waals surface area contributed by atoms with E-state index in [0.717, 1.165) is 30.0 Å². The van der Waals surface area contributed by atoms with Gasteiger partial charge in [-0.15, -0.1) is 0 Å². The van der Waals surface area contributed by atoms with Crippen LogP contribution in [0.15, 0.2) is 52.9 Å². The van der Waals surface area contributed by atoms with Crippen LogP contribution in [0.2, 0.25) is 0 Å². The van der Waals surface area contributed by atoms with Gasteiger partial charge < -0.3 is 25.7 Å². The van der Waals surface area contributed by atoms with E-state index < -0.39 is 18.0 Å². The second-order valence-corrected chi connectivity index (χ2v) is 8.33. The van der Waals surface area contributed by atoms with Crippen molar-refractivity contribution in [3.63, 3.8) is 0 Å². The van der Waals surface area contributed by atoms with Crippen molar-refractivity contribution >= 4 is 34.3 Å². The molecule has 35 heavy (non-hydrogen) atoms. The Labute approximate surface area is 202 Å². The summed E-state index contributed by atoms with van der Waals surface area (Å²) < 4.78 is 10.9. The number of rotatable bonds is 13. The number of hydrogen-bond acceptors (Lipinski definition) is 7. The van der Waals surface area contributed by atoms with Crippen LogP contribution in [0.25, 0.3) is 10.8 Å². The van der Waals surface area contributed by atoms with Crippen LogP contribution < -0.4 is 16.2 Å². The van der Waals surface area contributed by atoms with Crippen LogP contribution in [-0.4, -0.2) is 28.7 Å². The number of fused-ring (bicyclic) bond motifs is 1. The number of nitrogens with one attached hydrogen (secondary N) is 1. The van der Waals surface area contributed by atoms with Crippen LogP contribution >= 0.6 is 0 Å². The molecule has 184 valence electrons. The predicted octanol–water partition coefficient (Wildman–Crippen LogP) is 4.32. The van der Waals surface area contributed by atoms with Gasteiger partial charge in [-0.05, 0) is 53.9 Å². The summed E-state index contributed by atoms with van der Waals surface area (Å²) in [5.41, 5.74) is 12.1. The summed E-state index contributed by atoms with van der Waals surface area (Å²) in [5, 5.41) is 17.8. The summed E-state index contributed by atoms with van der Waals surface area (Å²) in [7, 11) is 0. The lowest BCUT2D eigenvalue weighted by Gasteiger charge is -2.08. The van der Waals surface area contributed by atoms with Crippen LogP contribution in [0.3, 0.4) is 0 Å². The number of nitrogen functional groups attached to an aromatic ring is 1. The Kier molecular flexibility index (Phi) is 8.74. The van der Waals surface area contributed by atoms with Crippen molar-refractivity contribution in [2.45, 2.75) is 51.0 Å². The van der Waals surface area contributed by atoms with Crippen LogP contribution in [0, 0.1) is 5.41 Å². The Morgan fingerprint density at radius 2 is 1.57 bits per heavy atom. The lowest BCUT2D eigenvalue weighted by Crippen LogP contribution is -2.20. The van der Waals surface area contributed by atoms with E-state index in [1.807, 2.05) is 0 Å². The van der Waals surface area contributed by atoms with Crippen molar-refractivity contribution in [2.75, 3.05) is 0 Å². The highest BCUT2D eigenvalue weighted by Crippen LogP contribution is 2.24. The molecule has 0 aliphatic carbocycles. The molecule has 1 unspecified atom stereocenters. The number of nitrogens with two attached hydrogens (primary N) is 2. The Morgan fingerprint density at radius 3 is 2.29 bits per heavy atom. The molecule has 9 heteroatoms. The van der Waals surface area contributed by atoms with Crippen LogP contribution in [-0.2, 0) is 9.59 Å². The average Bonchev–Trinajstić information content (AvgIpc) is 3.32. The summed E-state index contributed by atoms with van der Waals surface area (Å²) in [4.78, 5) is 35.4. The maximum Gasteiger partial charge on any atom is 0.379 e. The lowest BCUT2D eigenvalue weighted by atomic mass is 10.0. The number of benzene rings is 2. The number of Topliss-reactive ketones (excluding diaryl/α,β-unsaturated/α-hetero) is 1. The van der Waals surface area contributed by atoms with Gasteiger partial charge in [0.25, 0.3) is 0 Å². The Balaban J connectivity index is 1.51. The second-order valence-electron chi connectivity index (χ2n) is 8.33. The number of aliphatic carboxylic acids is 1. The molecule has 0 aliphatic heterocycles. The van der Waals surface area contributed by atoms with Crippen molar-refractivity contribution < 1.29 is 28.6 Å². The van der Waals surface area contributed by atoms with E-state index in [9.17, 15) is 14.4 Å². The van der Waals surface area contributed by atoms with E-state index in [2.05, 4.69) is 0 Å². The van der Waals surface area contributed by atoms with E-state index in [1.54, 1.807) is 36.4 Å². The number of esters is 1. The first-order valence-electron chi connectivity index (χ1n) is 11.4. The molecule has 0 saturated heterocycles. The Hall–Kier alpha value is -3.98. The zero-order valence-electron chi connectivity index (χ0n) is 19.3. The maximum atomic E-state index is 12.5. The average molecular weight is 480 g/mol. The molecule has 0 bridgehead atoms. The van der Waals surface area contributed by atoms with Crippen LogP contribution in [0.4, 0.5) is 0 Å². The van der Waals surface area contributed by atoms with Gasteiger partial charge in [-0.3, -0.25) is 15.0 Å². The third-order valence-corrected chi connectivity index (χ3v) is 5.63. The van der Waals surface area contributed by atoms with Crippen molar-refractivity contribution in [3.8, 4) is 5.75 Å². The molecule has 2 aromatic carbocycles. The molecular weight excluding hydrogens is 450 g/mol. The molecule has 0 spiro atoms. The van der Waals surface area contributed by atoms with Gasteiger partial charge in [-0.1, -0.05) is 37.5 Å². The molecule has 1 aromatic heterocycles. The number of unbranched alkanes of at least 4 members (excludes halogenated alkanes) is 4. The van der Waals surface area contributed by atoms with Crippen molar-refractivity contribution in [1.29, 1.82) is 5.41 Å². The molecule has 3 rings (SSSR count). The van der Waals surface area contributed by atoms with Crippen LogP contribution in [0.1, 0.15) is 72.9 Å². The van der Waals surface area contributed by atoms with Crippen molar-refractivity contribution in [1.82, 2.24) is 0 Å². The summed E-state index contributed by atoms with van der Waals surface area (Å²) in [5.74, 6) is -1.27. The monoisotopic (exact) mass is 479 g/mol. The highest BCUT2D eigenvalue weighted by atomic mass is 16.5.